The van der Waals surface area contributed by atoms with Crippen LogP contribution in [0.25, 0.3) is 0 Å². The van der Waals surface area contributed by atoms with Crippen LogP contribution in [0.2, 0.25) is 0 Å². The summed E-state index contributed by atoms with van der Waals surface area (Å²) in [5, 5.41) is 7.50. The summed E-state index contributed by atoms with van der Waals surface area (Å²) in [5.74, 6) is 3.77. The topological polar surface area (TPSA) is 24.1 Å². The SMILES string of the molecule is CC(C)(c1ccccc1)c1ccc(C23CC4CC(CC(C4)C2CP)C3)c(CP(C2CCNC2)C2CCNC2)c1. The summed E-state index contributed by atoms with van der Waals surface area (Å²) >= 11 is 0. The van der Waals surface area contributed by atoms with Gasteiger partial charge in [-0.3, -0.25) is 0 Å². The fourth-order valence-corrected chi connectivity index (χ4v) is 14.5. The first-order valence-electron chi connectivity index (χ1n) is 16.0. The normalized spacial score (nSPS) is 36.5. The first kappa shape index (κ1) is 27.1. The van der Waals surface area contributed by atoms with E-state index in [1.165, 1.54) is 94.6 Å². The Bertz CT molecular complexity index is 1120. The Morgan fingerprint density at radius 1 is 0.872 bits per heavy atom. The van der Waals surface area contributed by atoms with Crippen LogP contribution in [-0.4, -0.2) is 43.7 Å². The second-order valence-electron chi connectivity index (χ2n) is 14.4. The van der Waals surface area contributed by atoms with Crippen molar-refractivity contribution < 1.29 is 0 Å². The lowest BCUT2D eigenvalue weighted by Crippen LogP contribution is -2.56. The van der Waals surface area contributed by atoms with E-state index in [4.69, 9.17) is 0 Å². The molecule has 4 bridgehead atoms. The molecule has 4 heteroatoms. The summed E-state index contributed by atoms with van der Waals surface area (Å²) in [7, 11) is 3.16. The molecule has 0 spiro atoms. The highest BCUT2D eigenvalue weighted by molar-refractivity contribution is 7.58. The molecule has 2 N–H and O–H groups in total. The lowest BCUT2D eigenvalue weighted by atomic mass is 9.43. The van der Waals surface area contributed by atoms with Crippen molar-refractivity contribution in [2.75, 3.05) is 32.3 Å². The summed E-state index contributed by atoms with van der Waals surface area (Å²) < 4.78 is 0. The van der Waals surface area contributed by atoms with Crippen LogP contribution < -0.4 is 10.6 Å². The molecular formula is C35H50N2P2. The van der Waals surface area contributed by atoms with Crippen molar-refractivity contribution in [1.29, 1.82) is 0 Å². The molecule has 6 fully saturated rings. The fourth-order valence-electron chi connectivity index (χ4n) is 10.2. The highest BCUT2D eigenvalue weighted by Gasteiger charge is 2.57. The van der Waals surface area contributed by atoms with Crippen molar-refractivity contribution in [1.82, 2.24) is 10.6 Å². The minimum Gasteiger partial charge on any atom is -0.316 e. The molecule has 8 rings (SSSR count). The molecule has 2 nitrogen and oxygen atoms in total. The van der Waals surface area contributed by atoms with Crippen LogP contribution in [0, 0.1) is 23.7 Å². The number of hydrogen-bond acceptors (Lipinski definition) is 2. The molecule has 6 aliphatic rings. The Kier molecular flexibility index (Phi) is 7.50. The van der Waals surface area contributed by atoms with Gasteiger partial charge in [-0.15, -0.1) is 9.24 Å². The highest BCUT2D eigenvalue weighted by atomic mass is 31.1. The largest absolute Gasteiger partial charge is 0.316 e. The second-order valence-corrected chi connectivity index (χ2v) is 17.7. The summed E-state index contributed by atoms with van der Waals surface area (Å²) in [5.41, 5.74) is 8.71. The summed E-state index contributed by atoms with van der Waals surface area (Å²) in [6.07, 6.45) is 12.9. The summed E-state index contributed by atoms with van der Waals surface area (Å²) in [4.78, 5) is 0. The first-order chi connectivity index (χ1) is 19.0. The molecule has 6 unspecified atom stereocenters. The molecular weight excluding hydrogens is 510 g/mol. The van der Waals surface area contributed by atoms with E-state index in [0.717, 1.165) is 35.0 Å². The van der Waals surface area contributed by atoms with Crippen LogP contribution in [0.5, 0.6) is 0 Å². The van der Waals surface area contributed by atoms with E-state index in [1.54, 1.807) is 11.1 Å². The third kappa shape index (κ3) is 4.79. The van der Waals surface area contributed by atoms with Crippen molar-refractivity contribution >= 4 is 17.2 Å². The van der Waals surface area contributed by atoms with Gasteiger partial charge in [-0.1, -0.05) is 70.3 Å². The quantitative estimate of drug-likeness (QED) is 0.332. The molecule has 39 heavy (non-hydrogen) atoms. The van der Waals surface area contributed by atoms with Gasteiger partial charge in [-0.05, 0) is 133 Å². The number of nitrogens with one attached hydrogen (secondary N) is 2. The van der Waals surface area contributed by atoms with E-state index in [9.17, 15) is 0 Å². The van der Waals surface area contributed by atoms with Gasteiger partial charge in [0.1, 0.15) is 0 Å². The molecule has 0 amide bonds. The molecule has 2 aromatic rings. The molecule has 0 radical (unpaired) electrons. The number of hydrogen-bond donors (Lipinski definition) is 2. The molecule has 2 aliphatic heterocycles. The molecule has 0 aromatic heterocycles. The Morgan fingerprint density at radius 3 is 2.13 bits per heavy atom. The third-order valence-corrected chi connectivity index (χ3v) is 16.0. The molecule has 4 saturated carbocycles. The van der Waals surface area contributed by atoms with Gasteiger partial charge in [-0.25, -0.2) is 0 Å². The van der Waals surface area contributed by atoms with E-state index < -0.39 is 0 Å². The average Bonchev–Trinajstić information content (AvgIpc) is 3.67. The monoisotopic (exact) mass is 560 g/mol. The van der Waals surface area contributed by atoms with Crippen LogP contribution in [0.15, 0.2) is 48.5 Å². The molecule has 4 aliphatic carbocycles. The van der Waals surface area contributed by atoms with Gasteiger partial charge in [0.25, 0.3) is 0 Å². The molecule has 2 heterocycles. The van der Waals surface area contributed by atoms with E-state index in [2.05, 4.69) is 82.3 Å². The second kappa shape index (κ2) is 10.8. The van der Waals surface area contributed by atoms with Crippen molar-refractivity contribution in [2.45, 2.75) is 87.1 Å². The lowest BCUT2D eigenvalue weighted by Gasteiger charge is -2.62. The van der Waals surface area contributed by atoms with E-state index in [1.807, 2.05) is 0 Å². The van der Waals surface area contributed by atoms with Crippen LogP contribution in [-0.2, 0) is 17.0 Å². The predicted molar refractivity (Wildman–Crippen MR) is 171 cm³/mol. The Balaban J connectivity index is 1.34. The maximum absolute atomic E-state index is 3.75. The van der Waals surface area contributed by atoms with Gasteiger partial charge in [0, 0.05) is 18.5 Å². The van der Waals surface area contributed by atoms with E-state index >= 15 is 0 Å². The van der Waals surface area contributed by atoms with Gasteiger partial charge in [-0.2, -0.15) is 0 Å². The van der Waals surface area contributed by atoms with Crippen molar-refractivity contribution in [2.24, 2.45) is 23.7 Å². The van der Waals surface area contributed by atoms with Crippen LogP contribution >= 0.6 is 17.2 Å². The number of benzene rings is 2. The zero-order valence-electron chi connectivity index (χ0n) is 24.3. The lowest BCUT2D eigenvalue weighted by molar-refractivity contribution is -0.0520. The van der Waals surface area contributed by atoms with Crippen molar-refractivity contribution in [3.05, 3.63) is 70.8 Å². The predicted octanol–water partition coefficient (Wildman–Crippen LogP) is 7.29. The van der Waals surface area contributed by atoms with Gasteiger partial charge in [0.15, 0.2) is 0 Å². The van der Waals surface area contributed by atoms with Crippen LogP contribution in [0.3, 0.4) is 0 Å². The van der Waals surface area contributed by atoms with Gasteiger partial charge >= 0.3 is 0 Å². The molecule has 2 aromatic carbocycles. The number of rotatable bonds is 8. The molecule has 2 saturated heterocycles. The zero-order valence-corrected chi connectivity index (χ0v) is 26.3. The van der Waals surface area contributed by atoms with Gasteiger partial charge < -0.3 is 10.6 Å². The van der Waals surface area contributed by atoms with Crippen molar-refractivity contribution in [3.8, 4) is 0 Å². The van der Waals surface area contributed by atoms with E-state index in [0.29, 0.717) is 5.41 Å². The van der Waals surface area contributed by atoms with Crippen LogP contribution in [0.1, 0.15) is 81.0 Å². The van der Waals surface area contributed by atoms with Gasteiger partial charge in [0.2, 0.25) is 0 Å². The zero-order chi connectivity index (χ0) is 26.6. The summed E-state index contributed by atoms with van der Waals surface area (Å²) in [6.45, 7) is 9.84. The minimum absolute atomic E-state index is 0.0165. The third-order valence-electron chi connectivity index (χ3n) is 12.0. The first-order valence-corrected chi connectivity index (χ1v) is 18.5. The average molecular weight is 561 g/mol. The smallest absolute Gasteiger partial charge is 0.0146 e. The maximum atomic E-state index is 3.75. The Labute approximate surface area is 241 Å². The fraction of sp³-hybridized carbons (Fsp3) is 0.657. The Morgan fingerprint density at radius 2 is 1.54 bits per heavy atom. The molecule has 6 atom stereocenters. The highest BCUT2D eigenvalue weighted by Crippen LogP contribution is 2.65. The maximum Gasteiger partial charge on any atom is 0.0146 e. The Hall–Kier alpha value is -0.780. The standard InChI is InChI=1S/C35H50N2P2/c1-34(2,28-6-4-3-5-7-28)29-8-9-32(35-18-24-14-25(19-35)16-26(15-24)33(35)22-38)27(17-29)23-39(30-10-12-36-20-30)31-11-13-37-21-31/h3-9,17,24-26,30-31,33,36-37H,10-16,18-23,38H2,1-2H3. The minimum atomic E-state index is -0.0480. The van der Waals surface area contributed by atoms with Crippen molar-refractivity contribution in [3.63, 3.8) is 0 Å². The summed E-state index contributed by atoms with van der Waals surface area (Å²) in [6, 6.07) is 19.2. The van der Waals surface area contributed by atoms with Crippen LogP contribution in [0.4, 0.5) is 0 Å². The van der Waals surface area contributed by atoms with Gasteiger partial charge in [0.05, 0.1) is 0 Å². The molecule has 210 valence electrons. The van der Waals surface area contributed by atoms with E-state index in [-0.39, 0.29) is 13.3 Å².